The van der Waals surface area contributed by atoms with Gasteiger partial charge in [-0.15, -0.1) is 12.4 Å². The fourth-order valence-corrected chi connectivity index (χ4v) is 5.50. The highest BCUT2D eigenvalue weighted by molar-refractivity contribution is 6.09. The predicted molar refractivity (Wildman–Crippen MR) is 152 cm³/mol. The summed E-state index contributed by atoms with van der Waals surface area (Å²) < 4.78 is 4.43. The standard InChI is InChI=1S/C31H27N3O2.ClH/c1-3-16-33-19-22(28-20(2)9-8-12-25(28)33)18-26-30(32-27-13-6-7-17-34(26)27)24-15-14-21-10-4-5-11-23(21)29(24)31(35)36;/h4-15,17,19H,3,16,18H2,1-2H3,(H,35,36);1H. The predicted octanol–water partition coefficient (Wildman–Crippen LogP) is 7.54. The van der Waals surface area contributed by atoms with Crippen molar-refractivity contribution in [2.24, 2.45) is 0 Å². The monoisotopic (exact) mass is 509 g/mol. The average molecular weight is 510 g/mol. The van der Waals surface area contributed by atoms with Crippen LogP contribution in [0.15, 0.2) is 85.2 Å². The Bertz CT molecular complexity index is 1780. The number of imidazole rings is 1. The minimum Gasteiger partial charge on any atom is -0.478 e. The van der Waals surface area contributed by atoms with E-state index in [1.807, 2.05) is 60.8 Å². The van der Waals surface area contributed by atoms with Crippen LogP contribution in [0.25, 0.3) is 38.6 Å². The number of aromatic carboxylic acids is 1. The fraction of sp³-hybridized carbons (Fsp3) is 0.161. The summed E-state index contributed by atoms with van der Waals surface area (Å²) in [5.41, 5.74) is 7.15. The molecule has 6 heteroatoms. The number of halogens is 1. The molecule has 3 aromatic heterocycles. The summed E-state index contributed by atoms with van der Waals surface area (Å²) in [7, 11) is 0. The van der Waals surface area contributed by atoms with E-state index in [0.29, 0.717) is 23.2 Å². The van der Waals surface area contributed by atoms with Crippen LogP contribution in [-0.2, 0) is 13.0 Å². The molecule has 6 aromatic rings. The summed E-state index contributed by atoms with van der Waals surface area (Å²) >= 11 is 0. The number of aryl methyl sites for hydroxylation is 2. The summed E-state index contributed by atoms with van der Waals surface area (Å²) in [5, 5.41) is 13.2. The topological polar surface area (TPSA) is 59.5 Å². The van der Waals surface area contributed by atoms with Gasteiger partial charge in [0.15, 0.2) is 0 Å². The molecule has 0 saturated carbocycles. The Labute approximate surface area is 221 Å². The van der Waals surface area contributed by atoms with Crippen LogP contribution >= 0.6 is 12.4 Å². The van der Waals surface area contributed by atoms with Crippen LogP contribution in [0, 0.1) is 6.92 Å². The molecule has 0 unspecified atom stereocenters. The zero-order valence-electron chi connectivity index (χ0n) is 20.8. The van der Waals surface area contributed by atoms with Crippen molar-refractivity contribution in [1.82, 2.24) is 14.0 Å². The van der Waals surface area contributed by atoms with Crippen LogP contribution in [0.3, 0.4) is 0 Å². The summed E-state index contributed by atoms with van der Waals surface area (Å²) in [5.74, 6) is -0.944. The van der Waals surface area contributed by atoms with Crippen molar-refractivity contribution < 1.29 is 9.90 Å². The van der Waals surface area contributed by atoms with Gasteiger partial charge in [-0.1, -0.05) is 61.5 Å². The Morgan fingerprint density at radius 3 is 2.59 bits per heavy atom. The maximum atomic E-state index is 12.6. The first-order valence-corrected chi connectivity index (χ1v) is 12.4. The maximum Gasteiger partial charge on any atom is 0.337 e. The Morgan fingerprint density at radius 2 is 1.78 bits per heavy atom. The van der Waals surface area contributed by atoms with E-state index in [-0.39, 0.29) is 12.4 Å². The first-order chi connectivity index (χ1) is 17.6. The molecule has 0 spiro atoms. The Balaban J connectivity index is 0.00000280. The van der Waals surface area contributed by atoms with E-state index in [4.69, 9.17) is 4.98 Å². The second-order valence-electron chi connectivity index (χ2n) is 9.34. The van der Waals surface area contributed by atoms with Gasteiger partial charge in [0.2, 0.25) is 0 Å². The molecular formula is C31H28ClN3O2. The van der Waals surface area contributed by atoms with Crippen molar-refractivity contribution in [2.45, 2.75) is 33.2 Å². The third kappa shape index (κ3) is 4.05. The number of fused-ring (bicyclic) bond motifs is 3. The second-order valence-corrected chi connectivity index (χ2v) is 9.34. The van der Waals surface area contributed by atoms with E-state index in [1.54, 1.807) is 0 Å². The number of hydrogen-bond donors (Lipinski definition) is 1. The van der Waals surface area contributed by atoms with Crippen LogP contribution in [0.5, 0.6) is 0 Å². The number of benzene rings is 3. The SMILES string of the molecule is CCCn1cc(Cc2c(-c3ccc4ccccc4c3C(=O)O)nc3ccccn23)c2c(C)cccc21.Cl. The number of carboxylic acid groups (broad SMARTS) is 1. The number of nitrogens with zero attached hydrogens (tertiary/aromatic N) is 3. The van der Waals surface area contributed by atoms with Crippen molar-refractivity contribution in [2.75, 3.05) is 0 Å². The van der Waals surface area contributed by atoms with Crippen LogP contribution in [-0.4, -0.2) is 25.0 Å². The zero-order chi connectivity index (χ0) is 24.8. The van der Waals surface area contributed by atoms with Gasteiger partial charge in [0, 0.05) is 41.8 Å². The molecule has 37 heavy (non-hydrogen) atoms. The summed E-state index contributed by atoms with van der Waals surface area (Å²) in [6.07, 6.45) is 5.97. The van der Waals surface area contributed by atoms with Crippen molar-refractivity contribution in [1.29, 1.82) is 0 Å². The minimum atomic E-state index is -0.944. The molecule has 5 nitrogen and oxygen atoms in total. The van der Waals surface area contributed by atoms with Crippen LogP contribution in [0.1, 0.15) is 40.5 Å². The van der Waals surface area contributed by atoms with Crippen molar-refractivity contribution in [3.05, 3.63) is 108 Å². The molecule has 0 atom stereocenters. The Morgan fingerprint density at radius 1 is 0.973 bits per heavy atom. The number of carbonyl (C=O) groups is 1. The molecule has 3 heterocycles. The van der Waals surface area contributed by atoms with E-state index in [1.165, 1.54) is 22.0 Å². The van der Waals surface area contributed by atoms with Gasteiger partial charge in [-0.3, -0.25) is 0 Å². The molecule has 0 aliphatic heterocycles. The van der Waals surface area contributed by atoms with Gasteiger partial charge in [-0.25, -0.2) is 9.78 Å². The lowest BCUT2D eigenvalue weighted by Crippen LogP contribution is -2.03. The van der Waals surface area contributed by atoms with Gasteiger partial charge in [0.25, 0.3) is 0 Å². The molecular weight excluding hydrogens is 482 g/mol. The van der Waals surface area contributed by atoms with Gasteiger partial charge in [-0.2, -0.15) is 0 Å². The number of rotatable bonds is 6. The molecule has 0 amide bonds. The Hall–Kier alpha value is -4.09. The van der Waals surface area contributed by atoms with Crippen LogP contribution in [0.4, 0.5) is 0 Å². The molecule has 0 bridgehead atoms. The van der Waals surface area contributed by atoms with E-state index in [2.05, 4.69) is 47.2 Å². The van der Waals surface area contributed by atoms with Gasteiger partial charge in [0.1, 0.15) is 5.65 Å². The lowest BCUT2D eigenvalue weighted by atomic mass is 9.94. The molecule has 3 aromatic carbocycles. The largest absolute Gasteiger partial charge is 0.478 e. The number of pyridine rings is 1. The van der Waals surface area contributed by atoms with Gasteiger partial charge in [-0.05, 0) is 53.4 Å². The summed E-state index contributed by atoms with van der Waals surface area (Å²) in [6.45, 7) is 5.30. The third-order valence-electron chi connectivity index (χ3n) is 7.04. The number of hydrogen-bond acceptors (Lipinski definition) is 2. The average Bonchev–Trinajstić information content (AvgIpc) is 3.43. The van der Waals surface area contributed by atoms with Crippen molar-refractivity contribution in [3.63, 3.8) is 0 Å². The quantitative estimate of drug-likeness (QED) is 0.252. The molecule has 1 N–H and O–H groups in total. The highest BCUT2D eigenvalue weighted by Crippen LogP contribution is 2.35. The maximum absolute atomic E-state index is 12.6. The summed E-state index contributed by atoms with van der Waals surface area (Å²) in [4.78, 5) is 17.5. The smallest absolute Gasteiger partial charge is 0.337 e. The van der Waals surface area contributed by atoms with E-state index in [0.717, 1.165) is 35.1 Å². The Kier molecular flexibility index (Phi) is 6.48. The van der Waals surface area contributed by atoms with Crippen LogP contribution in [0.2, 0.25) is 0 Å². The molecule has 0 radical (unpaired) electrons. The van der Waals surface area contributed by atoms with Gasteiger partial charge < -0.3 is 14.1 Å². The first kappa shape index (κ1) is 24.6. The van der Waals surface area contributed by atoms with Crippen molar-refractivity contribution >= 4 is 45.7 Å². The molecule has 0 aliphatic rings. The van der Waals surface area contributed by atoms with Crippen LogP contribution < -0.4 is 0 Å². The van der Waals surface area contributed by atoms with E-state index >= 15 is 0 Å². The number of carboxylic acids is 1. The summed E-state index contributed by atoms with van der Waals surface area (Å²) in [6, 6.07) is 23.9. The van der Waals surface area contributed by atoms with E-state index in [9.17, 15) is 9.90 Å². The third-order valence-corrected chi connectivity index (χ3v) is 7.04. The molecule has 0 fully saturated rings. The highest BCUT2D eigenvalue weighted by Gasteiger charge is 2.23. The normalized spacial score (nSPS) is 11.3. The fourth-order valence-electron chi connectivity index (χ4n) is 5.50. The van der Waals surface area contributed by atoms with E-state index < -0.39 is 5.97 Å². The number of aromatic nitrogens is 3. The zero-order valence-corrected chi connectivity index (χ0v) is 21.6. The van der Waals surface area contributed by atoms with Crippen molar-refractivity contribution in [3.8, 4) is 11.3 Å². The lowest BCUT2D eigenvalue weighted by molar-refractivity contribution is 0.0700. The molecule has 6 rings (SSSR count). The lowest BCUT2D eigenvalue weighted by Gasteiger charge is -2.11. The van der Waals surface area contributed by atoms with Gasteiger partial charge >= 0.3 is 5.97 Å². The molecule has 186 valence electrons. The second kappa shape index (κ2) is 9.75. The highest BCUT2D eigenvalue weighted by atomic mass is 35.5. The minimum absolute atomic E-state index is 0. The molecule has 0 aliphatic carbocycles. The molecule has 0 saturated heterocycles. The van der Waals surface area contributed by atoms with Gasteiger partial charge in [0.05, 0.1) is 17.0 Å². The first-order valence-electron chi connectivity index (χ1n) is 12.4.